The number of nitrogens with zero attached hydrogens (tertiary/aromatic N) is 2. The van der Waals surface area contributed by atoms with E-state index in [2.05, 4.69) is 4.98 Å². The number of fused-ring (bicyclic) bond motifs is 2. The Labute approximate surface area is 177 Å². The first-order valence-electron chi connectivity index (χ1n) is 9.50. The second-order valence-corrected chi connectivity index (χ2v) is 7.29. The van der Waals surface area contributed by atoms with E-state index >= 15 is 0 Å². The number of benzene rings is 1. The van der Waals surface area contributed by atoms with Crippen LogP contribution in [0.15, 0.2) is 18.3 Å². The van der Waals surface area contributed by atoms with Crippen LogP contribution in [0, 0.1) is 11.6 Å². The van der Waals surface area contributed by atoms with E-state index in [1.54, 1.807) is 6.20 Å². The van der Waals surface area contributed by atoms with Crippen molar-refractivity contribution >= 4 is 17.6 Å². The number of carboxylic acids is 1. The normalized spacial score (nSPS) is 15.7. The summed E-state index contributed by atoms with van der Waals surface area (Å²) in [5.74, 6) is -3.42. The van der Waals surface area contributed by atoms with Crippen LogP contribution in [-0.4, -0.2) is 36.2 Å². The molecule has 1 aromatic heterocycles. The van der Waals surface area contributed by atoms with Gasteiger partial charge in [-0.3, -0.25) is 14.6 Å². The van der Waals surface area contributed by atoms with Gasteiger partial charge in [-0.2, -0.15) is 0 Å². The Morgan fingerprint density at radius 1 is 1.23 bits per heavy atom. The van der Waals surface area contributed by atoms with Crippen molar-refractivity contribution in [3.05, 3.63) is 46.8 Å². The lowest BCUT2D eigenvalue weighted by molar-refractivity contribution is -0.134. The molecule has 4 rings (SSSR count). The minimum atomic E-state index is -0.935. The van der Waals surface area contributed by atoms with Crippen LogP contribution in [0.5, 0.6) is 11.5 Å². The van der Waals surface area contributed by atoms with E-state index in [0.29, 0.717) is 18.5 Å². The van der Waals surface area contributed by atoms with E-state index in [0.717, 1.165) is 29.0 Å². The zero-order valence-corrected chi connectivity index (χ0v) is 17.4. The van der Waals surface area contributed by atoms with Crippen molar-refractivity contribution in [3.63, 3.8) is 0 Å². The van der Waals surface area contributed by atoms with Gasteiger partial charge in [0, 0.05) is 25.7 Å². The molecule has 2 aromatic rings. The second-order valence-electron chi connectivity index (χ2n) is 7.29. The number of carbonyl (C=O) groups excluding carboxylic acids is 1. The number of rotatable bonds is 4. The summed E-state index contributed by atoms with van der Waals surface area (Å²) in [5, 5.41) is 7.42. The van der Waals surface area contributed by atoms with Crippen LogP contribution in [0.3, 0.4) is 0 Å². The lowest BCUT2D eigenvalue weighted by Crippen LogP contribution is -2.45. The van der Waals surface area contributed by atoms with Gasteiger partial charge in [-0.15, -0.1) is 0 Å². The van der Waals surface area contributed by atoms with Crippen LogP contribution < -0.4 is 20.1 Å². The zero-order valence-electron chi connectivity index (χ0n) is 17.4. The molecule has 0 atom stereocenters. The van der Waals surface area contributed by atoms with Crippen molar-refractivity contribution in [2.75, 3.05) is 19.1 Å². The highest BCUT2D eigenvalue weighted by Crippen LogP contribution is 2.54. The molecule has 31 heavy (non-hydrogen) atoms. The molecule has 1 spiro atoms. The molecule has 1 aromatic carbocycles. The molecule has 166 valence electrons. The maximum absolute atomic E-state index is 14.9. The number of nitrogens with two attached hydrogens (primary N) is 1. The van der Waals surface area contributed by atoms with Crippen molar-refractivity contribution in [3.8, 4) is 11.5 Å². The Hall–Kier alpha value is -3.27. The van der Waals surface area contributed by atoms with Crippen LogP contribution in [-0.2, 0) is 28.1 Å². The fraction of sp³-hybridized carbons (Fsp3) is 0.381. The van der Waals surface area contributed by atoms with E-state index in [1.807, 2.05) is 6.07 Å². The minimum absolute atomic E-state index is 0.0118. The van der Waals surface area contributed by atoms with Gasteiger partial charge in [0.25, 0.3) is 5.97 Å². The van der Waals surface area contributed by atoms with Crippen LogP contribution >= 0.6 is 0 Å². The summed E-state index contributed by atoms with van der Waals surface area (Å²) in [4.78, 5) is 27.6. The Bertz CT molecular complexity index is 1010. The number of methoxy groups -OCH3 is 2. The van der Waals surface area contributed by atoms with Crippen LogP contribution in [0.4, 0.5) is 14.5 Å². The molecule has 10 heteroatoms. The standard InChI is InChI=1S/C19H19F2N3O3.C2H4O2/c1-26-13-6-14(27-2)16(21)17(15(13)20)24-9-10-8-23-11(7-22)5-12(10)19(3-4-19)18(24)25;1-2(3)4/h5-6,8H,3-4,7,9,22H2,1-2H3;1H3,(H,3,4). The highest BCUT2D eigenvalue weighted by molar-refractivity contribution is 6.05. The van der Waals surface area contributed by atoms with E-state index in [1.165, 1.54) is 14.2 Å². The molecule has 1 saturated carbocycles. The third-order valence-corrected chi connectivity index (χ3v) is 5.32. The van der Waals surface area contributed by atoms with E-state index in [9.17, 15) is 13.6 Å². The van der Waals surface area contributed by atoms with E-state index in [-0.39, 0.29) is 30.5 Å². The van der Waals surface area contributed by atoms with E-state index in [4.69, 9.17) is 25.1 Å². The van der Waals surface area contributed by atoms with Crippen molar-refractivity contribution < 1.29 is 33.0 Å². The number of hydrogen-bond donors (Lipinski definition) is 2. The lowest BCUT2D eigenvalue weighted by atomic mass is 9.86. The molecular weight excluding hydrogens is 412 g/mol. The van der Waals surface area contributed by atoms with Gasteiger partial charge in [-0.05, 0) is 30.0 Å². The van der Waals surface area contributed by atoms with E-state index < -0.39 is 28.7 Å². The van der Waals surface area contributed by atoms with Gasteiger partial charge in [0.2, 0.25) is 5.91 Å². The predicted octanol–water partition coefficient (Wildman–Crippen LogP) is 2.51. The number of aliphatic carboxylic acids is 1. The quantitative estimate of drug-likeness (QED) is 0.758. The SMILES string of the molecule is CC(=O)O.COc1cc(OC)c(F)c(N2Cc3cnc(CN)cc3C3(CC3)C2=O)c1F. The summed E-state index contributed by atoms with van der Waals surface area (Å²) in [5.41, 5.74) is 6.73. The van der Waals surface area contributed by atoms with Crippen molar-refractivity contribution in [1.82, 2.24) is 4.98 Å². The molecule has 1 fully saturated rings. The minimum Gasteiger partial charge on any atom is -0.493 e. The maximum Gasteiger partial charge on any atom is 0.300 e. The van der Waals surface area contributed by atoms with Crippen molar-refractivity contribution in [1.29, 1.82) is 0 Å². The molecule has 0 saturated heterocycles. The third kappa shape index (κ3) is 3.90. The number of anilines is 1. The first kappa shape index (κ1) is 22.4. The topological polar surface area (TPSA) is 115 Å². The summed E-state index contributed by atoms with van der Waals surface area (Å²) in [6.45, 7) is 1.36. The number of carbonyl (C=O) groups is 2. The first-order valence-corrected chi connectivity index (χ1v) is 9.50. The lowest BCUT2D eigenvalue weighted by Gasteiger charge is -2.35. The molecule has 1 aliphatic heterocycles. The Balaban J connectivity index is 0.000000628. The smallest absolute Gasteiger partial charge is 0.300 e. The van der Waals surface area contributed by atoms with Gasteiger partial charge in [0.05, 0.1) is 31.9 Å². The second kappa shape index (κ2) is 8.46. The Kier molecular flexibility index (Phi) is 6.12. The van der Waals surface area contributed by atoms with Crippen molar-refractivity contribution in [2.24, 2.45) is 5.73 Å². The number of carboxylic acid groups (broad SMARTS) is 1. The van der Waals surface area contributed by atoms with Crippen molar-refractivity contribution in [2.45, 2.75) is 38.3 Å². The highest BCUT2D eigenvalue weighted by Gasteiger charge is 2.57. The fourth-order valence-electron chi connectivity index (χ4n) is 3.72. The summed E-state index contributed by atoms with van der Waals surface area (Å²) < 4.78 is 39.8. The van der Waals surface area contributed by atoms with Gasteiger partial charge in [-0.25, -0.2) is 8.78 Å². The van der Waals surface area contributed by atoms with Gasteiger partial charge in [-0.1, -0.05) is 0 Å². The molecule has 2 aliphatic rings. The largest absolute Gasteiger partial charge is 0.493 e. The first-order chi connectivity index (χ1) is 14.7. The van der Waals surface area contributed by atoms with Gasteiger partial charge in [0.1, 0.15) is 5.69 Å². The average Bonchev–Trinajstić information content (AvgIpc) is 3.53. The number of halogens is 2. The fourth-order valence-corrected chi connectivity index (χ4v) is 3.72. The van der Waals surface area contributed by atoms with Crippen LogP contribution in [0.2, 0.25) is 0 Å². The average molecular weight is 435 g/mol. The molecule has 2 heterocycles. The number of amides is 1. The number of ether oxygens (including phenoxy) is 2. The molecule has 8 nitrogen and oxygen atoms in total. The monoisotopic (exact) mass is 435 g/mol. The molecule has 0 radical (unpaired) electrons. The summed E-state index contributed by atoms with van der Waals surface area (Å²) in [6, 6.07) is 2.95. The third-order valence-electron chi connectivity index (χ3n) is 5.32. The number of hydrogen-bond acceptors (Lipinski definition) is 6. The zero-order chi connectivity index (χ0) is 22.9. The molecule has 1 amide bonds. The van der Waals surface area contributed by atoms with Gasteiger partial charge >= 0.3 is 0 Å². The summed E-state index contributed by atoms with van der Waals surface area (Å²) in [7, 11) is 2.54. The van der Waals surface area contributed by atoms with Crippen LogP contribution in [0.1, 0.15) is 36.6 Å². The molecule has 3 N–H and O–H groups in total. The predicted molar refractivity (Wildman–Crippen MR) is 107 cm³/mol. The molecule has 1 aliphatic carbocycles. The van der Waals surface area contributed by atoms with Gasteiger partial charge < -0.3 is 25.2 Å². The molecular formula is C21H23F2N3O5. The molecule has 0 bridgehead atoms. The Morgan fingerprint density at radius 3 is 2.23 bits per heavy atom. The molecule has 0 unspecified atom stereocenters. The number of pyridine rings is 1. The summed E-state index contributed by atoms with van der Waals surface area (Å²) in [6.07, 6.45) is 2.87. The highest BCUT2D eigenvalue weighted by atomic mass is 19.1. The van der Waals surface area contributed by atoms with Crippen LogP contribution in [0.25, 0.3) is 0 Å². The summed E-state index contributed by atoms with van der Waals surface area (Å²) >= 11 is 0. The number of aromatic nitrogens is 1. The maximum atomic E-state index is 14.9. The Morgan fingerprint density at radius 2 is 1.77 bits per heavy atom. The van der Waals surface area contributed by atoms with Gasteiger partial charge in [0.15, 0.2) is 23.1 Å².